The van der Waals surface area contributed by atoms with Crippen molar-refractivity contribution in [2.75, 3.05) is 20.1 Å². The molecule has 0 bridgehead atoms. The zero-order chi connectivity index (χ0) is 19.8. The van der Waals surface area contributed by atoms with Crippen molar-refractivity contribution in [3.63, 3.8) is 0 Å². The minimum absolute atomic E-state index is 0.0420. The largest absolute Gasteiger partial charge is 0.358 e. The number of halogens is 1. The van der Waals surface area contributed by atoms with Gasteiger partial charge in [0.2, 0.25) is 5.95 Å². The van der Waals surface area contributed by atoms with E-state index in [1.807, 2.05) is 36.2 Å². The number of nitrogens with zero attached hydrogens (tertiary/aromatic N) is 3. The van der Waals surface area contributed by atoms with Gasteiger partial charge in [-0.1, -0.05) is 12.1 Å². The van der Waals surface area contributed by atoms with E-state index in [4.69, 9.17) is 0 Å². The van der Waals surface area contributed by atoms with Gasteiger partial charge in [0.25, 0.3) is 5.91 Å². The summed E-state index contributed by atoms with van der Waals surface area (Å²) in [4.78, 5) is 26.6. The van der Waals surface area contributed by atoms with E-state index in [1.54, 1.807) is 6.92 Å². The van der Waals surface area contributed by atoms with Crippen molar-refractivity contribution in [3.05, 3.63) is 47.2 Å². The van der Waals surface area contributed by atoms with Crippen LogP contribution in [-0.4, -0.2) is 51.9 Å². The molecular weight excluding hydrogens is 357 g/mol. The SMILES string of the molecule is CNC(C)CCN1CCc2[nH]c(-c3cccc4nc(C)c(F)nc34)cc2C1=O. The molecule has 1 aliphatic heterocycles. The van der Waals surface area contributed by atoms with Gasteiger partial charge in [0, 0.05) is 42.5 Å². The van der Waals surface area contributed by atoms with Crippen molar-refractivity contribution in [1.29, 1.82) is 0 Å². The molecule has 6 nitrogen and oxygen atoms in total. The molecule has 1 unspecified atom stereocenters. The highest BCUT2D eigenvalue weighted by Gasteiger charge is 2.27. The van der Waals surface area contributed by atoms with Crippen LogP contribution in [0.15, 0.2) is 24.3 Å². The molecule has 7 heteroatoms. The number of aromatic nitrogens is 3. The lowest BCUT2D eigenvalue weighted by Gasteiger charge is -2.27. The number of carbonyl (C=O) groups excluding carboxylic acids is 1. The van der Waals surface area contributed by atoms with E-state index in [2.05, 4.69) is 27.2 Å². The summed E-state index contributed by atoms with van der Waals surface area (Å²) in [5.41, 5.74) is 4.55. The third-order valence-corrected chi connectivity index (χ3v) is 5.48. The summed E-state index contributed by atoms with van der Waals surface area (Å²) in [6, 6.07) is 7.79. The van der Waals surface area contributed by atoms with Crippen molar-refractivity contribution >= 4 is 16.9 Å². The van der Waals surface area contributed by atoms with Gasteiger partial charge in [-0.3, -0.25) is 4.79 Å². The molecule has 0 saturated carbocycles. The second-order valence-electron chi connectivity index (χ2n) is 7.37. The van der Waals surface area contributed by atoms with E-state index >= 15 is 0 Å². The molecule has 3 aromatic rings. The minimum atomic E-state index is -0.572. The van der Waals surface area contributed by atoms with E-state index in [1.165, 1.54) is 0 Å². The number of fused-ring (bicyclic) bond motifs is 2. The normalized spacial score (nSPS) is 15.1. The predicted octanol–water partition coefficient (Wildman–Crippen LogP) is 3.07. The van der Waals surface area contributed by atoms with Crippen LogP contribution in [0.2, 0.25) is 0 Å². The van der Waals surface area contributed by atoms with Crippen molar-refractivity contribution in [3.8, 4) is 11.3 Å². The van der Waals surface area contributed by atoms with Crippen LogP contribution in [0.4, 0.5) is 4.39 Å². The Morgan fingerprint density at radius 1 is 1.32 bits per heavy atom. The average Bonchev–Trinajstić information content (AvgIpc) is 3.12. The van der Waals surface area contributed by atoms with Gasteiger partial charge in [-0.15, -0.1) is 0 Å². The van der Waals surface area contributed by atoms with Crippen molar-refractivity contribution in [2.45, 2.75) is 32.7 Å². The highest BCUT2D eigenvalue weighted by Crippen LogP contribution is 2.30. The van der Waals surface area contributed by atoms with Crippen LogP contribution < -0.4 is 5.32 Å². The third kappa shape index (κ3) is 3.26. The maximum absolute atomic E-state index is 14.0. The first-order valence-electron chi connectivity index (χ1n) is 9.59. The molecule has 1 amide bonds. The highest BCUT2D eigenvalue weighted by atomic mass is 19.1. The maximum atomic E-state index is 14.0. The predicted molar refractivity (Wildman–Crippen MR) is 107 cm³/mol. The van der Waals surface area contributed by atoms with E-state index in [9.17, 15) is 9.18 Å². The fraction of sp³-hybridized carbons (Fsp3) is 0.381. The Bertz CT molecular complexity index is 1040. The Balaban J connectivity index is 1.68. The minimum Gasteiger partial charge on any atom is -0.358 e. The topological polar surface area (TPSA) is 73.9 Å². The summed E-state index contributed by atoms with van der Waals surface area (Å²) in [5.74, 6) is -0.530. The number of hydrogen-bond acceptors (Lipinski definition) is 4. The lowest BCUT2D eigenvalue weighted by Crippen LogP contribution is -2.39. The monoisotopic (exact) mass is 381 g/mol. The molecule has 0 fully saturated rings. The summed E-state index contributed by atoms with van der Waals surface area (Å²) in [5, 5.41) is 3.20. The van der Waals surface area contributed by atoms with Gasteiger partial charge in [0.15, 0.2) is 0 Å². The number of benzene rings is 1. The zero-order valence-corrected chi connectivity index (χ0v) is 16.3. The second-order valence-corrected chi connectivity index (χ2v) is 7.37. The molecule has 2 aromatic heterocycles. The Labute approximate surface area is 163 Å². The van der Waals surface area contributed by atoms with Crippen molar-refractivity contribution < 1.29 is 9.18 Å². The molecule has 146 valence electrons. The summed E-state index contributed by atoms with van der Waals surface area (Å²) >= 11 is 0. The molecule has 1 atom stereocenters. The summed E-state index contributed by atoms with van der Waals surface area (Å²) < 4.78 is 14.0. The lowest BCUT2D eigenvalue weighted by atomic mass is 10.1. The van der Waals surface area contributed by atoms with E-state index in [-0.39, 0.29) is 11.6 Å². The highest BCUT2D eigenvalue weighted by molar-refractivity contribution is 5.99. The zero-order valence-electron chi connectivity index (χ0n) is 16.3. The molecule has 0 aliphatic carbocycles. The molecule has 2 N–H and O–H groups in total. The molecular formula is C21H24FN5O. The number of nitrogens with one attached hydrogen (secondary N) is 2. The summed E-state index contributed by atoms with van der Waals surface area (Å²) in [6.07, 6.45) is 1.69. The number of carbonyl (C=O) groups is 1. The van der Waals surface area contributed by atoms with Gasteiger partial charge < -0.3 is 15.2 Å². The lowest BCUT2D eigenvalue weighted by molar-refractivity contribution is 0.0734. The maximum Gasteiger partial charge on any atom is 0.255 e. The average molecular weight is 381 g/mol. The number of hydrogen-bond donors (Lipinski definition) is 2. The number of H-pyrrole nitrogens is 1. The van der Waals surface area contributed by atoms with Gasteiger partial charge in [0.1, 0.15) is 5.52 Å². The van der Waals surface area contributed by atoms with Crippen LogP contribution in [0.1, 0.15) is 35.1 Å². The van der Waals surface area contributed by atoms with Crippen LogP contribution in [0.5, 0.6) is 0 Å². The van der Waals surface area contributed by atoms with Crippen LogP contribution in [0.3, 0.4) is 0 Å². The number of amides is 1. The first-order valence-corrected chi connectivity index (χ1v) is 9.59. The summed E-state index contributed by atoms with van der Waals surface area (Å²) in [7, 11) is 1.93. The van der Waals surface area contributed by atoms with Gasteiger partial charge in [-0.2, -0.15) is 4.39 Å². The van der Waals surface area contributed by atoms with E-state index in [0.717, 1.165) is 36.3 Å². The Kier molecular flexibility index (Phi) is 4.85. The standard InChI is InChI=1S/C21H24FN5O/c1-12(23-3)7-9-27-10-8-16-15(21(27)28)11-18(25-16)14-5-4-6-17-19(14)26-20(22)13(2)24-17/h4-6,11-12,23,25H,7-10H2,1-3H3. The molecule has 28 heavy (non-hydrogen) atoms. The first kappa shape index (κ1) is 18.6. The number of para-hydroxylation sites is 1. The van der Waals surface area contributed by atoms with Crippen LogP contribution >= 0.6 is 0 Å². The molecule has 0 spiro atoms. The number of aryl methyl sites for hydroxylation is 1. The molecule has 0 saturated heterocycles. The smallest absolute Gasteiger partial charge is 0.255 e. The number of rotatable bonds is 5. The van der Waals surface area contributed by atoms with Crippen LogP contribution in [-0.2, 0) is 6.42 Å². The van der Waals surface area contributed by atoms with Gasteiger partial charge in [0.05, 0.1) is 16.8 Å². The molecule has 3 heterocycles. The molecule has 4 rings (SSSR count). The van der Waals surface area contributed by atoms with E-state index in [0.29, 0.717) is 29.2 Å². The van der Waals surface area contributed by atoms with Gasteiger partial charge in [-0.05, 0) is 39.4 Å². The number of aromatic amines is 1. The summed E-state index contributed by atoms with van der Waals surface area (Å²) in [6.45, 7) is 5.14. The molecule has 0 radical (unpaired) electrons. The molecule has 1 aromatic carbocycles. The first-order chi connectivity index (χ1) is 13.5. The Morgan fingerprint density at radius 2 is 2.14 bits per heavy atom. The van der Waals surface area contributed by atoms with Gasteiger partial charge >= 0.3 is 0 Å². The fourth-order valence-corrected chi connectivity index (χ4v) is 3.62. The quantitative estimate of drug-likeness (QED) is 0.712. The van der Waals surface area contributed by atoms with Gasteiger partial charge in [-0.25, -0.2) is 9.97 Å². The van der Waals surface area contributed by atoms with E-state index < -0.39 is 5.95 Å². The molecule has 1 aliphatic rings. The third-order valence-electron chi connectivity index (χ3n) is 5.48. The Morgan fingerprint density at radius 3 is 2.93 bits per heavy atom. The Hall–Kier alpha value is -2.80. The second kappa shape index (κ2) is 7.31. The van der Waals surface area contributed by atoms with Crippen molar-refractivity contribution in [1.82, 2.24) is 25.2 Å². The fourth-order valence-electron chi connectivity index (χ4n) is 3.62. The van der Waals surface area contributed by atoms with Crippen molar-refractivity contribution in [2.24, 2.45) is 0 Å². The van der Waals surface area contributed by atoms with Crippen LogP contribution in [0, 0.1) is 12.9 Å². The van der Waals surface area contributed by atoms with Crippen LogP contribution in [0.25, 0.3) is 22.3 Å².